The molecule has 1 atom stereocenters. The van der Waals surface area contributed by atoms with E-state index in [0.29, 0.717) is 25.7 Å². The first-order valence-electron chi connectivity index (χ1n) is 10.9. The molecule has 0 aliphatic rings. The molecule has 3 rings (SSSR count). The van der Waals surface area contributed by atoms with Crippen molar-refractivity contribution in [3.8, 4) is 11.1 Å². The molecule has 0 bridgehead atoms. The zero-order valence-corrected chi connectivity index (χ0v) is 17.7. The van der Waals surface area contributed by atoms with Crippen LogP contribution in [0.2, 0.25) is 0 Å². The van der Waals surface area contributed by atoms with Crippen LogP contribution in [-0.4, -0.2) is 33.7 Å². The lowest BCUT2D eigenvalue weighted by Gasteiger charge is -2.14. The van der Waals surface area contributed by atoms with E-state index in [-0.39, 0.29) is 12.4 Å². The standard InChI is InChI=1S/C26H31NO3/c1-2-3-4-10-22(29)16-21-17-27-25-12-6-5-11-24(25)26(21)20-9-7-8-19(15-20)13-14-23(30)18-28/h5-9,11-12,15,17,23,28,30H,2-4,10,13-14,16,18H2,1H3. The highest BCUT2D eigenvalue weighted by atomic mass is 16.3. The topological polar surface area (TPSA) is 70.4 Å². The van der Waals surface area contributed by atoms with Gasteiger partial charge in [-0.2, -0.15) is 0 Å². The molecule has 0 amide bonds. The number of ketones is 1. The molecule has 0 aliphatic carbocycles. The van der Waals surface area contributed by atoms with Crippen molar-refractivity contribution in [1.82, 2.24) is 4.98 Å². The minimum Gasteiger partial charge on any atom is -0.394 e. The number of aryl methyl sites for hydroxylation is 1. The number of Topliss-reactive ketones (excluding diaryl/α,β-unsaturated/α-hetero) is 1. The van der Waals surface area contributed by atoms with Gasteiger partial charge in [-0.25, -0.2) is 0 Å². The second kappa shape index (κ2) is 11.0. The van der Waals surface area contributed by atoms with E-state index in [1.54, 1.807) is 0 Å². The van der Waals surface area contributed by atoms with Gasteiger partial charge in [0.25, 0.3) is 0 Å². The van der Waals surface area contributed by atoms with E-state index in [2.05, 4.69) is 30.1 Å². The van der Waals surface area contributed by atoms with Gasteiger partial charge in [-0.15, -0.1) is 0 Å². The van der Waals surface area contributed by atoms with Crippen LogP contribution >= 0.6 is 0 Å². The maximum absolute atomic E-state index is 12.6. The number of pyridine rings is 1. The first kappa shape index (κ1) is 22.1. The Labute approximate surface area is 178 Å². The summed E-state index contributed by atoms with van der Waals surface area (Å²) >= 11 is 0. The number of unbranched alkanes of at least 4 members (excludes halogenated alkanes) is 2. The lowest BCUT2D eigenvalue weighted by molar-refractivity contribution is -0.118. The smallest absolute Gasteiger partial charge is 0.137 e. The molecular weight excluding hydrogens is 374 g/mol. The molecule has 0 saturated heterocycles. The molecule has 0 spiro atoms. The van der Waals surface area contributed by atoms with Crippen molar-refractivity contribution in [1.29, 1.82) is 0 Å². The third-order valence-corrected chi connectivity index (χ3v) is 5.49. The molecule has 1 aromatic heterocycles. The van der Waals surface area contributed by atoms with Crippen LogP contribution in [-0.2, 0) is 17.6 Å². The van der Waals surface area contributed by atoms with Crippen LogP contribution in [0.15, 0.2) is 54.7 Å². The number of fused-ring (bicyclic) bond motifs is 1. The van der Waals surface area contributed by atoms with Gasteiger partial charge in [0.15, 0.2) is 0 Å². The zero-order valence-electron chi connectivity index (χ0n) is 17.7. The molecule has 0 fully saturated rings. The molecule has 3 aromatic rings. The summed E-state index contributed by atoms with van der Waals surface area (Å²) in [6.45, 7) is 1.92. The fourth-order valence-corrected chi connectivity index (χ4v) is 3.84. The Morgan fingerprint density at radius 1 is 1.10 bits per heavy atom. The number of aromatic nitrogens is 1. The summed E-state index contributed by atoms with van der Waals surface area (Å²) in [5.41, 5.74) is 5.09. The van der Waals surface area contributed by atoms with Gasteiger partial charge in [-0.1, -0.05) is 62.2 Å². The fourth-order valence-electron chi connectivity index (χ4n) is 3.84. The summed E-state index contributed by atoms with van der Waals surface area (Å²) in [5.74, 6) is 0.254. The zero-order chi connectivity index (χ0) is 21.3. The van der Waals surface area contributed by atoms with Gasteiger partial charge in [-0.3, -0.25) is 9.78 Å². The van der Waals surface area contributed by atoms with E-state index >= 15 is 0 Å². The lowest BCUT2D eigenvalue weighted by atomic mass is 9.91. The van der Waals surface area contributed by atoms with Gasteiger partial charge in [0, 0.05) is 24.4 Å². The van der Waals surface area contributed by atoms with Crippen molar-refractivity contribution in [2.75, 3.05) is 6.61 Å². The molecule has 0 aliphatic heterocycles. The Hall–Kier alpha value is -2.56. The van der Waals surface area contributed by atoms with Crippen LogP contribution in [0.3, 0.4) is 0 Å². The first-order valence-corrected chi connectivity index (χ1v) is 10.9. The van der Waals surface area contributed by atoms with E-state index in [1.807, 2.05) is 36.5 Å². The number of hydrogen-bond acceptors (Lipinski definition) is 4. The molecule has 4 nitrogen and oxygen atoms in total. The van der Waals surface area contributed by atoms with Crippen LogP contribution in [0.1, 0.15) is 50.2 Å². The normalized spacial score (nSPS) is 12.2. The number of aliphatic hydroxyl groups is 2. The van der Waals surface area contributed by atoms with E-state index in [1.165, 1.54) is 0 Å². The highest BCUT2D eigenvalue weighted by Crippen LogP contribution is 2.32. The molecule has 30 heavy (non-hydrogen) atoms. The molecule has 1 heterocycles. The molecule has 0 saturated carbocycles. The van der Waals surface area contributed by atoms with Crippen LogP contribution in [0.4, 0.5) is 0 Å². The number of para-hydroxylation sites is 1. The third-order valence-electron chi connectivity index (χ3n) is 5.49. The van der Waals surface area contributed by atoms with Gasteiger partial charge >= 0.3 is 0 Å². The monoisotopic (exact) mass is 405 g/mol. The molecular formula is C26H31NO3. The Morgan fingerprint density at radius 3 is 2.73 bits per heavy atom. The summed E-state index contributed by atoms with van der Waals surface area (Å²) in [4.78, 5) is 17.2. The van der Waals surface area contributed by atoms with Gasteiger partial charge in [0.2, 0.25) is 0 Å². The van der Waals surface area contributed by atoms with Crippen molar-refractivity contribution in [2.45, 2.75) is 58.0 Å². The van der Waals surface area contributed by atoms with Gasteiger partial charge < -0.3 is 10.2 Å². The van der Waals surface area contributed by atoms with Crippen LogP contribution in [0, 0.1) is 0 Å². The molecule has 1 unspecified atom stereocenters. The average molecular weight is 406 g/mol. The predicted molar refractivity (Wildman–Crippen MR) is 121 cm³/mol. The summed E-state index contributed by atoms with van der Waals surface area (Å²) in [7, 11) is 0. The second-order valence-corrected chi connectivity index (χ2v) is 7.92. The van der Waals surface area contributed by atoms with E-state index in [0.717, 1.165) is 52.4 Å². The van der Waals surface area contributed by atoms with Crippen molar-refractivity contribution in [3.05, 3.63) is 65.9 Å². The number of benzene rings is 2. The van der Waals surface area contributed by atoms with E-state index in [9.17, 15) is 9.90 Å². The highest BCUT2D eigenvalue weighted by Gasteiger charge is 2.15. The number of carbonyl (C=O) groups excluding carboxylic acids is 1. The van der Waals surface area contributed by atoms with Crippen molar-refractivity contribution in [2.24, 2.45) is 0 Å². The van der Waals surface area contributed by atoms with E-state index in [4.69, 9.17) is 5.11 Å². The lowest BCUT2D eigenvalue weighted by Crippen LogP contribution is -2.12. The van der Waals surface area contributed by atoms with Crippen molar-refractivity contribution in [3.63, 3.8) is 0 Å². The molecule has 4 heteroatoms. The van der Waals surface area contributed by atoms with Crippen molar-refractivity contribution >= 4 is 16.7 Å². The maximum Gasteiger partial charge on any atom is 0.137 e. The predicted octanol–water partition coefficient (Wildman–Crippen LogP) is 4.88. The number of hydrogen-bond donors (Lipinski definition) is 2. The Morgan fingerprint density at radius 2 is 1.93 bits per heavy atom. The summed E-state index contributed by atoms with van der Waals surface area (Å²) < 4.78 is 0. The van der Waals surface area contributed by atoms with Crippen molar-refractivity contribution < 1.29 is 15.0 Å². The summed E-state index contributed by atoms with van der Waals surface area (Å²) in [6, 6.07) is 16.3. The molecule has 2 aromatic carbocycles. The SMILES string of the molecule is CCCCCC(=O)Cc1cnc2ccccc2c1-c1cccc(CCC(O)CO)c1. The average Bonchev–Trinajstić information content (AvgIpc) is 2.77. The Balaban J connectivity index is 1.95. The van der Waals surface area contributed by atoms with Gasteiger partial charge in [0.1, 0.15) is 5.78 Å². The van der Waals surface area contributed by atoms with Gasteiger partial charge in [-0.05, 0) is 47.6 Å². The molecule has 158 valence electrons. The fraction of sp³-hybridized carbons (Fsp3) is 0.385. The number of nitrogens with zero attached hydrogens (tertiary/aromatic N) is 1. The molecule has 0 radical (unpaired) electrons. The quantitative estimate of drug-likeness (QED) is 0.446. The Kier molecular flexibility index (Phi) is 8.12. The maximum atomic E-state index is 12.6. The first-order chi connectivity index (χ1) is 14.6. The van der Waals surface area contributed by atoms with Crippen LogP contribution in [0.5, 0.6) is 0 Å². The summed E-state index contributed by atoms with van der Waals surface area (Å²) in [5, 5.41) is 19.8. The minimum atomic E-state index is -0.702. The van der Waals surface area contributed by atoms with Crippen LogP contribution < -0.4 is 0 Å². The number of aliphatic hydroxyl groups excluding tert-OH is 2. The Bertz CT molecular complexity index is 983. The second-order valence-electron chi connectivity index (χ2n) is 7.92. The van der Waals surface area contributed by atoms with Crippen LogP contribution in [0.25, 0.3) is 22.0 Å². The third kappa shape index (κ3) is 5.74. The highest BCUT2D eigenvalue weighted by molar-refractivity contribution is 5.97. The summed E-state index contributed by atoms with van der Waals surface area (Å²) in [6.07, 6.45) is 6.47. The minimum absolute atomic E-state index is 0.223. The number of carbonyl (C=O) groups is 1. The van der Waals surface area contributed by atoms with E-state index < -0.39 is 6.10 Å². The largest absolute Gasteiger partial charge is 0.394 e. The molecule has 2 N–H and O–H groups in total. The number of rotatable bonds is 11. The van der Waals surface area contributed by atoms with Gasteiger partial charge in [0.05, 0.1) is 18.2 Å².